The molecule has 0 heterocycles. The molecule has 2 rings (SSSR count). The number of methoxy groups -OCH3 is 2. The average molecular weight is 481 g/mol. The minimum atomic E-state index is 0. The molecule has 0 amide bonds. The van der Waals surface area contributed by atoms with Crippen LogP contribution in [0.3, 0.4) is 0 Å². The first-order valence-corrected chi connectivity index (χ1v) is 10.1. The van der Waals surface area contributed by atoms with Crippen LogP contribution in [-0.2, 0) is 9.47 Å². The molecule has 2 aliphatic rings. The fourth-order valence-electron chi connectivity index (χ4n) is 4.68. The Morgan fingerprint density at radius 2 is 1.19 bits per heavy atom. The van der Waals surface area contributed by atoms with Crippen molar-refractivity contribution >= 4 is 29.9 Å². The smallest absolute Gasteiger partial charge is 0.191 e. The first-order chi connectivity index (χ1) is 12.2. The van der Waals surface area contributed by atoms with Crippen LogP contribution in [0.2, 0.25) is 0 Å². The minimum absolute atomic E-state index is 0. The molecule has 2 N–H and O–H groups in total. The molecule has 0 unspecified atom stereocenters. The maximum absolute atomic E-state index is 5.34. The number of nitrogens with zero attached hydrogens (tertiary/aromatic N) is 1. The molecule has 0 aromatic rings. The third-order valence-electron chi connectivity index (χ3n) is 6.49. The Morgan fingerprint density at radius 1 is 0.808 bits per heavy atom. The molecule has 0 aliphatic heterocycles. The van der Waals surface area contributed by atoms with Crippen LogP contribution in [0.25, 0.3) is 0 Å². The quantitative estimate of drug-likeness (QED) is 0.282. The highest BCUT2D eigenvalue weighted by Gasteiger charge is 2.35. The van der Waals surface area contributed by atoms with Gasteiger partial charge in [-0.1, -0.05) is 25.7 Å². The summed E-state index contributed by atoms with van der Waals surface area (Å²) in [6.07, 6.45) is 12.9. The van der Waals surface area contributed by atoms with Crippen molar-refractivity contribution in [1.29, 1.82) is 0 Å². The van der Waals surface area contributed by atoms with E-state index < -0.39 is 0 Å². The van der Waals surface area contributed by atoms with E-state index in [1.165, 1.54) is 51.4 Å². The number of aliphatic imine (C=N–C) groups is 1. The Hall–Kier alpha value is -0.0800. The monoisotopic (exact) mass is 481 g/mol. The zero-order chi connectivity index (χ0) is 18.0. The largest absolute Gasteiger partial charge is 0.385 e. The highest BCUT2D eigenvalue weighted by atomic mass is 127. The number of nitrogens with one attached hydrogen (secondary N) is 2. The predicted molar refractivity (Wildman–Crippen MR) is 120 cm³/mol. The lowest BCUT2D eigenvalue weighted by molar-refractivity contribution is 0.136. The Balaban J connectivity index is 0.00000338. The molecule has 2 saturated carbocycles. The van der Waals surface area contributed by atoms with Gasteiger partial charge in [-0.2, -0.15) is 0 Å². The van der Waals surface area contributed by atoms with E-state index in [1.54, 1.807) is 14.2 Å². The Kier molecular flexibility index (Phi) is 11.4. The van der Waals surface area contributed by atoms with Crippen molar-refractivity contribution in [3.8, 4) is 0 Å². The van der Waals surface area contributed by atoms with Gasteiger partial charge in [0.1, 0.15) is 0 Å². The molecule has 154 valence electrons. The highest BCUT2D eigenvalue weighted by molar-refractivity contribution is 14.0. The first kappa shape index (κ1) is 24.0. The van der Waals surface area contributed by atoms with Crippen LogP contribution >= 0.6 is 24.0 Å². The minimum Gasteiger partial charge on any atom is -0.385 e. The molecule has 2 fully saturated rings. The molecule has 5 nitrogen and oxygen atoms in total. The second kappa shape index (κ2) is 12.4. The maximum atomic E-state index is 5.34. The Morgan fingerprint density at radius 3 is 1.50 bits per heavy atom. The van der Waals surface area contributed by atoms with E-state index in [1.807, 2.05) is 7.05 Å². The molecule has 0 saturated heterocycles. The SMILES string of the molecule is CN=C(NCC1(CCOC)CCCC1)NCC1(CCOC)CCCC1.I. The van der Waals surface area contributed by atoms with E-state index in [4.69, 9.17) is 9.47 Å². The summed E-state index contributed by atoms with van der Waals surface area (Å²) in [4.78, 5) is 4.46. The third-order valence-corrected chi connectivity index (χ3v) is 6.49. The second-order valence-corrected chi connectivity index (χ2v) is 8.18. The van der Waals surface area contributed by atoms with Crippen molar-refractivity contribution in [1.82, 2.24) is 10.6 Å². The van der Waals surface area contributed by atoms with Crippen molar-refractivity contribution < 1.29 is 9.47 Å². The Labute approximate surface area is 177 Å². The fraction of sp³-hybridized carbons (Fsp3) is 0.950. The van der Waals surface area contributed by atoms with E-state index in [0.29, 0.717) is 10.8 Å². The van der Waals surface area contributed by atoms with Gasteiger partial charge in [-0.05, 0) is 49.4 Å². The summed E-state index contributed by atoms with van der Waals surface area (Å²) in [5, 5.41) is 7.22. The van der Waals surface area contributed by atoms with Crippen LogP contribution in [0.5, 0.6) is 0 Å². The number of halogens is 1. The maximum Gasteiger partial charge on any atom is 0.191 e. The lowest BCUT2D eigenvalue weighted by Gasteiger charge is -2.32. The van der Waals surface area contributed by atoms with Gasteiger partial charge in [-0.3, -0.25) is 4.99 Å². The number of ether oxygens (including phenoxy) is 2. The second-order valence-electron chi connectivity index (χ2n) is 8.18. The van der Waals surface area contributed by atoms with Gasteiger partial charge in [0.2, 0.25) is 0 Å². The molecule has 0 bridgehead atoms. The lowest BCUT2D eigenvalue weighted by atomic mass is 9.82. The van der Waals surface area contributed by atoms with Crippen molar-refractivity contribution in [3.05, 3.63) is 0 Å². The summed E-state index contributed by atoms with van der Waals surface area (Å²) in [5.41, 5.74) is 0.767. The topological polar surface area (TPSA) is 54.9 Å². The highest BCUT2D eigenvalue weighted by Crippen LogP contribution is 2.41. The van der Waals surface area contributed by atoms with Crippen molar-refractivity contribution in [2.24, 2.45) is 15.8 Å². The number of hydrogen-bond acceptors (Lipinski definition) is 3. The van der Waals surface area contributed by atoms with Crippen molar-refractivity contribution in [2.45, 2.75) is 64.2 Å². The summed E-state index contributed by atoms with van der Waals surface area (Å²) in [6, 6.07) is 0. The predicted octanol–water partition coefficient (Wildman–Crippen LogP) is 3.96. The summed E-state index contributed by atoms with van der Waals surface area (Å²) in [7, 11) is 5.48. The molecular weight excluding hydrogens is 441 g/mol. The number of guanidine groups is 1. The van der Waals surface area contributed by atoms with Crippen LogP contribution in [0.15, 0.2) is 4.99 Å². The molecule has 0 aromatic carbocycles. The van der Waals surface area contributed by atoms with Crippen LogP contribution in [0, 0.1) is 10.8 Å². The van der Waals surface area contributed by atoms with Crippen molar-refractivity contribution in [2.75, 3.05) is 47.6 Å². The summed E-state index contributed by atoms with van der Waals surface area (Å²) < 4.78 is 10.7. The normalized spacial score (nSPS) is 20.4. The summed E-state index contributed by atoms with van der Waals surface area (Å²) in [5.74, 6) is 0.951. The van der Waals surface area contributed by atoms with Gasteiger partial charge in [0, 0.05) is 47.6 Å². The van der Waals surface area contributed by atoms with E-state index in [9.17, 15) is 0 Å². The fourth-order valence-corrected chi connectivity index (χ4v) is 4.68. The van der Waals surface area contributed by atoms with Gasteiger partial charge >= 0.3 is 0 Å². The molecule has 0 aromatic heterocycles. The molecule has 2 aliphatic carbocycles. The molecule has 0 spiro atoms. The number of rotatable bonds is 10. The van der Waals surface area contributed by atoms with Crippen LogP contribution in [-0.4, -0.2) is 53.5 Å². The zero-order valence-electron chi connectivity index (χ0n) is 17.1. The van der Waals surface area contributed by atoms with Gasteiger partial charge in [-0.15, -0.1) is 24.0 Å². The molecule has 0 atom stereocenters. The molecular formula is C20H40IN3O2. The Bertz CT molecular complexity index is 372. The van der Waals surface area contributed by atoms with Gasteiger partial charge in [0.05, 0.1) is 0 Å². The van der Waals surface area contributed by atoms with Crippen molar-refractivity contribution in [3.63, 3.8) is 0 Å². The first-order valence-electron chi connectivity index (χ1n) is 10.1. The van der Waals surface area contributed by atoms with Crippen LogP contribution < -0.4 is 10.6 Å². The summed E-state index contributed by atoms with van der Waals surface area (Å²) >= 11 is 0. The average Bonchev–Trinajstić information content (AvgIpc) is 3.29. The third kappa shape index (κ3) is 7.15. The van der Waals surface area contributed by atoms with E-state index >= 15 is 0 Å². The van der Waals surface area contributed by atoms with Gasteiger partial charge in [-0.25, -0.2) is 0 Å². The van der Waals surface area contributed by atoms with Gasteiger partial charge in [0.25, 0.3) is 0 Å². The van der Waals surface area contributed by atoms with Crippen LogP contribution in [0.1, 0.15) is 64.2 Å². The van der Waals surface area contributed by atoms with E-state index in [0.717, 1.165) is 45.1 Å². The van der Waals surface area contributed by atoms with E-state index in [2.05, 4.69) is 15.6 Å². The zero-order valence-corrected chi connectivity index (χ0v) is 19.4. The lowest BCUT2D eigenvalue weighted by Crippen LogP contribution is -2.46. The van der Waals surface area contributed by atoms with E-state index in [-0.39, 0.29) is 24.0 Å². The standard InChI is InChI=1S/C20H39N3O2.HI/c1-21-18(22-16-19(12-14-24-2)8-4-5-9-19)23-17-20(13-15-25-3)10-6-7-11-20;/h4-17H2,1-3H3,(H2,21,22,23);1H. The summed E-state index contributed by atoms with van der Waals surface area (Å²) in [6.45, 7) is 3.71. The molecule has 26 heavy (non-hydrogen) atoms. The van der Waals surface area contributed by atoms with Gasteiger partial charge < -0.3 is 20.1 Å². The number of hydrogen-bond donors (Lipinski definition) is 2. The van der Waals surface area contributed by atoms with Gasteiger partial charge in [0.15, 0.2) is 5.96 Å². The molecule has 0 radical (unpaired) electrons. The van der Waals surface area contributed by atoms with Crippen LogP contribution in [0.4, 0.5) is 0 Å². The molecule has 6 heteroatoms.